The van der Waals surface area contributed by atoms with Gasteiger partial charge in [0.25, 0.3) is 0 Å². The van der Waals surface area contributed by atoms with E-state index in [2.05, 4.69) is 21.3 Å². The highest BCUT2D eigenvalue weighted by molar-refractivity contribution is 8.76. The molecule has 18 heteroatoms. The Hall–Kier alpha value is -3.42. The lowest BCUT2D eigenvalue weighted by molar-refractivity contribution is -0.145. The lowest BCUT2D eigenvalue weighted by atomic mass is 9.93. The first-order valence-electron chi connectivity index (χ1n) is 18.5. The van der Waals surface area contributed by atoms with Gasteiger partial charge in [-0.15, -0.1) is 0 Å². The highest BCUT2D eigenvalue weighted by atomic mass is 33.1. The molecule has 4 atom stereocenters. The van der Waals surface area contributed by atoms with Crippen molar-refractivity contribution in [2.24, 2.45) is 0 Å². The van der Waals surface area contributed by atoms with Crippen LogP contribution >= 0.6 is 45.1 Å². The Balaban J connectivity index is 1.18. The van der Waals surface area contributed by atoms with Crippen molar-refractivity contribution in [2.75, 3.05) is 61.7 Å². The fourth-order valence-electron chi connectivity index (χ4n) is 6.50. The fraction of sp³-hybridized carbons (Fsp3) is 0.526. The lowest BCUT2D eigenvalue weighted by Gasteiger charge is -2.36. The first-order valence-corrected chi connectivity index (χ1v) is 23.7. The summed E-state index contributed by atoms with van der Waals surface area (Å²) in [5.41, 5.74) is 3.85. The Morgan fingerprint density at radius 3 is 1.36 bits per heavy atom. The number of hydrogen-bond acceptors (Lipinski definition) is 12. The molecule has 306 valence electrons. The van der Waals surface area contributed by atoms with E-state index < -0.39 is 47.9 Å². The van der Waals surface area contributed by atoms with Crippen molar-refractivity contribution < 1.29 is 39.0 Å². The number of carbonyl (C=O) groups is 6. The van der Waals surface area contributed by atoms with E-state index in [1.165, 1.54) is 33.3 Å². The highest BCUT2D eigenvalue weighted by Crippen LogP contribution is 2.26. The lowest BCUT2D eigenvalue weighted by Crippen LogP contribution is -2.56. The third-order valence-electron chi connectivity index (χ3n) is 9.55. The summed E-state index contributed by atoms with van der Waals surface area (Å²) in [6.07, 6.45) is 4.94. The normalized spacial score (nSPS) is 17.2. The third kappa shape index (κ3) is 13.6. The molecular weight excluding hydrogens is 797 g/mol. The van der Waals surface area contributed by atoms with Crippen LogP contribution in [0.3, 0.4) is 0 Å². The molecule has 56 heavy (non-hydrogen) atoms. The summed E-state index contributed by atoms with van der Waals surface area (Å²) in [6.45, 7) is 1.69. The van der Waals surface area contributed by atoms with Crippen LogP contribution in [-0.4, -0.2) is 141 Å². The summed E-state index contributed by atoms with van der Waals surface area (Å²) in [7, 11) is 3.24. The van der Waals surface area contributed by atoms with Gasteiger partial charge in [-0.05, 0) is 59.1 Å². The van der Waals surface area contributed by atoms with Crippen LogP contribution in [0, 0.1) is 0 Å². The van der Waals surface area contributed by atoms with E-state index in [1.54, 1.807) is 21.6 Å². The number of rotatable bonds is 23. The van der Waals surface area contributed by atoms with Gasteiger partial charge < -0.3 is 41.3 Å². The van der Waals surface area contributed by atoms with Crippen molar-refractivity contribution in [3.05, 3.63) is 70.8 Å². The average molecular weight is 849 g/mol. The van der Waals surface area contributed by atoms with Crippen LogP contribution in [0.2, 0.25) is 0 Å². The minimum Gasteiger partial charge on any atom is -0.480 e. The van der Waals surface area contributed by atoms with Crippen LogP contribution in [0.5, 0.6) is 0 Å². The third-order valence-corrected chi connectivity index (χ3v) is 13.2. The average Bonchev–Trinajstić information content (AvgIpc) is 3.19. The molecule has 0 saturated heterocycles. The van der Waals surface area contributed by atoms with E-state index in [0.29, 0.717) is 48.9 Å². The predicted octanol–water partition coefficient (Wildman–Crippen LogP) is 2.10. The minimum absolute atomic E-state index is 0.0322. The smallest absolute Gasteiger partial charge is 0.326 e. The molecular formula is C38H52N6O8S4. The Labute approximate surface area is 344 Å². The SMILES string of the molecule is CSCC[C@H](NC(=O)[C@@H]1Cc2ccccc2CN1C(=O)CNCCSSCCNCC(=O)N1Cc2ccccc2C[C@H]1C(=O)N[C@@H](CCSC)C(=O)O)C(=O)O. The molecule has 6 N–H and O–H groups in total. The Morgan fingerprint density at radius 2 is 1.00 bits per heavy atom. The molecule has 4 rings (SSSR count). The number of carboxylic acid groups (broad SMARTS) is 2. The molecule has 0 bridgehead atoms. The maximum atomic E-state index is 13.4. The quantitative estimate of drug-likeness (QED) is 0.0703. The van der Waals surface area contributed by atoms with E-state index in [-0.39, 0.29) is 50.8 Å². The molecule has 0 spiro atoms. The van der Waals surface area contributed by atoms with Gasteiger partial charge in [0.1, 0.15) is 24.2 Å². The van der Waals surface area contributed by atoms with Crippen LogP contribution in [0.4, 0.5) is 0 Å². The number of carboxylic acids is 2. The first-order chi connectivity index (χ1) is 27.0. The van der Waals surface area contributed by atoms with Crippen molar-refractivity contribution in [1.82, 2.24) is 31.1 Å². The maximum Gasteiger partial charge on any atom is 0.326 e. The molecule has 0 radical (unpaired) electrons. The number of hydrogen-bond donors (Lipinski definition) is 6. The van der Waals surface area contributed by atoms with Crippen LogP contribution < -0.4 is 21.3 Å². The van der Waals surface area contributed by atoms with Crippen molar-refractivity contribution in [3.63, 3.8) is 0 Å². The van der Waals surface area contributed by atoms with Gasteiger partial charge in [-0.25, -0.2) is 9.59 Å². The summed E-state index contributed by atoms with van der Waals surface area (Å²) in [4.78, 5) is 80.1. The van der Waals surface area contributed by atoms with Gasteiger partial charge >= 0.3 is 11.9 Å². The maximum absolute atomic E-state index is 13.4. The van der Waals surface area contributed by atoms with Gasteiger partial charge in [0, 0.05) is 50.5 Å². The van der Waals surface area contributed by atoms with Gasteiger partial charge in [-0.2, -0.15) is 23.5 Å². The number of nitrogens with one attached hydrogen (secondary N) is 4. The minimum atomic E-state index is -1.10. The van der Waals surface area contributed by atoms with E-state index >= 15 is 0 Å². The summed E-state index contributed by atoms with van der Waals surface area (Å²) < 4.78 is 0. The van der Waals surface area contributed by atoms with E-state index in [9.17, 15) is 39.0 Å². The van der Waals surface area contributed by atoms with Crippen LogP contribution in [0.25, 0.3) is 0 Å². The summed E-state index contributed by atoms with van der Waals surface area (Å²) >= 11 is 3.00. The van der Waals surface area contributed by atoms with Crippen LogP contribution in [0.15, 0.2) is 48.5 Å². The van der Waals surface area contributed by atoms with Crippen molar-refractivity contribution in [1.29, 1.82) is 0 Å². The molecule has 4 amide bonds. The first kappa shape index (κ1) is 45.3. The second-order valence-electron chi connectivity index (χ2n) is 13.4. The molecule has 0 fully saturated rings. The van der Waals surface area contributed by atoms with Gasteiger partial charge in [-0.3, -0.25) is 19.2 Å². The predicted molar refractivity (Wildman–Crippen MR) is 225 cm³/mol. The van der Waals surface area contributed by atoms with E-state index in [1.807, 2.05) is 61.0 Å². The number of aliphatic carboxylic acids is 2. The van der Waals surface area contributed by atoms with Gasteiger partial charge in [0.15, 0.2) is 0 Å². The summed E-state index contributed by atoms with van der Waals surface area (Å²) in [5, 5.41) is 30.9. The molecule has 14 nitrogen and oxygen atoms in total. The highest BCUT2D eigenvalue weighted by Gasteiger charge is 2.37. The zero-order chi connectivity index (χ0) is 40.5. The molecule has 0 unspecified atom stereocenters. The molecule has 2 aromatic carbocycles. The molecule has 2 aliphatic heterocycles. The van der Waals surface area contributed by atoms with Gasteiger partial charge in [-0.1, -0.05) is 70.1 Å². The zero-order valence-corrected chi connectivity index (χ0v) is 35.0. The van der Waals surface area contributed by atoms with E-state index in [0.717, 1.165) is 22.3 Å². The second kappa shape index (κ2) is 23.7. The van der Waals surface area contributed by atoms with Crippen molar-refractivity contribution >= 4 is 80.7 Å². The number of thioether (sulfide) groups is 2. The number of benzene rings is 2. The number of amides is 4. The standard InChI is InChI=1S/C38H52N6O8S4/c1-53-15-11-29(37(49)50)41-35(47)31-19-25-7-3-5-9-27(25)23-43(31)33(45)21-39-13-17-55-56-18-14-40-22-34(46)44-24-28-10-6-4-8-26(28)20-32(44)36(48)42-30(38(51)52)12-16-54-2/h3-10,29-32,39-40H,11-24H2,1-2H3,(H,41,47)(H,42,48)(H,49,50)(H,51,52)/t29-,30-,31-,32-/m0/s1. The van der Waals surface area contributed by atoms with Crippen molar-refractivity contribution in [3.8, 4) is 0 Å². The van der Waals surface area contributed by atoms with Gasteiger partial charge in [0.05, 0.1) is 13.1 Å². The number of nitrogens with zero attached hydrogens (tertiary/aromatic N) is 2. The number of carbonyl (C=O) groups excluding carboxylic acids is 4. The largest absolute Gasteiger partial charge is 0.480 e. The fourth-order valence-corrected chi connectivity index (χ4v) is 9.34. The zero-order valence-electron chi connectivity index (χ0n) is 31.7. The number of fused-ring (bicyclic) bond motifs is 2. The molecule has 0 aliphatic carbocycles. The molecule has 0 aromatic heterocycles. The van der Waals surface area contributed by atoms with Crippen LogP contribution in [0.1, 0.15) is 35.1 Å². The Kier molecular flexibility index (Phi) is 19.2. The molecule has 2 aromatic rings. The topological polar surface area (TPSA) is 197 Å². The van der Waals surface area contributed by atoms with Crippen molar-refractivity contribution in [2.45, 2.75) is 62.9 Å². The molecule has 2 heterocycles. The molecule has 2 aliphatic rings. The Bertz CT molecular complexity index is 1550. The summed E-state index contributed by atoms with van der Waals surface area (Å²) in [5.74, 6) is -1.05. The second-order valence-corrected chi connectivity index (χ2v) is 18.1. The van der Waals surface area contributed by atoms with E-state index in [4.69, 9.17) is 0 Å². The molecule has 0 saturated carbocycles. The van der Waals surface area contributed by atoms with Gasteiger partial charge in [0.2, 0.25) is 23.6 Å². The summed E-state index contributed by atoms with van der Waals surface area (Å²) in [6, 6.07) is 11.6. The monoisotopic (exact) mass is 848 g/mol. The Morgan fingerprint density at radius 1 is 0.625 bits per heavy atom. The van der Waals surface area contributed by atoms with Crippen LogP contribution in [-0.2, 0) is 54.7 Å².